The van der Waals surface area contributed by atoms with Crippen LogP contribution < -0.4 is 10.9 Å². The van der Waals surface area contributed by atoms with Crippen molar-refractivity contribution in [2.45, 2.75) is 25.0 Å². The summed E-state index contributed by atoms with van der Waals surface area (Å²) in [5, 5.41) is 3.96. The highest BCUT2D eigenvalue weighted by Crippen LogP contribution is 2.22. The lowest BCUT2D eigenvalue weighted by molar-refractivity contribution is -0.130. The molecule has 0 bridgehead atoms. The smallest absolute Gasteiger partial charge is 0.262 e. The Morgan fingerprint density at radius 2 is 2.04 bits per heavy atom. The second-order valence-corrected chi connectivity index (χ2v) is 7.56. The van der Waals surface area contributed by atoms with Gasteiger partial charge in [0.2, 0.25) is 11.8 Å². The Morgan fingerprint density at radius 3 is 2.65 bits per heavy atom. The van der Waals surface area contributed by atoms with Gasteiger partial charge in [-0.3, -0.25) is 19.0 Å². The van der Waals surface area contributed by atoms with E-state index in [9.17, 15) is 14.4 Å². The summed E-state index contributed by atoms with van der Waals surface area (Å²) in [6.45, 7) is 3.69. The number of carbonyl (C=O) groups excluding carboxylic acids is 2. The molecule has 0 spiro atoms. The van der Waals surface area contributed by atoms with Crippen molar-refractivity contribution >= 4 is 46.1 Å². The summed E-state index contributed by atoms with van der Waals surface area (Å²) in [5.41, 5.74) is 0.317. The van der Waals surface area contributed by atoms with Gasteiger partial charge in [-0.15, -0.1) is 0 Å². The van der Waals surface area contributed by atoms with Crippen molar-refractivity contribution < 1.29 is 9.59 Å². The number of nitrogens with zero attached hydrogens (tertiary/aromatic N) is 3. The minimum Gasteiger partial charge on any atom is -0.347 e. The number of fused-ring (bicyclic) bond motifs is 1. The lowest BCUT2D eigenvalue weighted by atomic mass is 10.2. The van der Waals surface area contributed by atoms with Gasteiger partial charge in [0.25, 0.3) is 5.56 Å². The van der Waals surface area contributed by atoms with Crippen molar-refractivity contribution in [2.24, 2.45) is 0 Å². The number of halogens is 1. The van der Waals surface area contributed by atoms with Crippen molar-refractivity contribution in [1.29, 1.82) is 0 Å². The third-order valence-electron chi connectivity index (χ3n) is 3.62. The molecular weight excluding hydrogens is 376 g/mol. The standard InChI is InChI=1S/C17H21ClN4O3S/c1-10(2)22-16(25)12-6-5-11(18)7-13(12)20-17(22)26-9-14(23)19-8-15(24)21(3)4/h5-7,10H,8-9H2,1-4H3,(H,19,23). The fourth-order valence-electron chi connectivity index (χ4n) is 2.22. The summed E-state index contributed by atoms with van der Waals surface area (Å²) in [6.07, 6.45) is 0. The maximum atomic E-state index is 12.8. The van der Waals surface area contributed by atoms with Gasteiger partial charge >= 0.3 is 0 Å². The molecule has 0 atom stereocenters. The minimum absolute atomic E-state index is 0.0476. The molecule has 2 aromatic rings. The van der Waals surface area contributed by atoms with Crippen molar-refractivity contribution in [3.63, 3.8) is 0 Å². The molecule has 7 nitrogen and oxygen atoms in total. The van der Waals surface area contributed by atoms with E-state index in [0.717, 1.165) is 11.8 Å². The van der Waals surface area contributed by atoms with Gasteiger partial charge in [0.05, 0.1) is 23.2 Å². The number of amides is 2. The summed E-state index contributed by atoms with van der Waals surface area (Å²) in [5.74, 6) is -0.451. The number of rotatable bonds is 6. The molecule has 0 radical (unpaired) electrons. The number of nitrogens with one attached hydrogen (secondary N) is 1. The SMILES string of the molecule is CC(C)n1c(SCC(=O)NCC(=O)N(C)C)nc2cc(Cl)ccc2c1=O. The molecule has 1 heterocycles. The maximum absolute atomic E-state index is 12.8. The van der Waals surface area contributed by atoms with E-state index in [4.69, 9.17) is 11.6 Å². The van der Waals surface area contributed by atoms with Crippen LogP contribution in [0.4, 0.5) is 0 Å². The predicted octanol–water partition coefficient (Wildman–Crippen LogP) is 1.93. The monoisotopic (exact) mass is 396 g/mol. The molecule has 2 amide bonds. The molecule has 0 aliphatic heterocycles. The van der Waals surface area contributed by atoms with Crippen LogP contribution in [0.2, 0.25) is 5.02 Å². The minimum atomic E-state index is -0.305. The summed E-state index contributed by atoms with van der Waals surface area (Å²) >= 11 is 7.14. The Labute approximate surface area is 160 Å². The third kappa shape index (κ3) is 4.76. The molecule has 1 N–H and O–H groups in total. The van der Waals surface area contributed by atoms with Crippen LogP contribution in [-0.4, -0.2) is 52.7 Å². The van der Waals surface area contributed by atoms with E-state index in [1.54, 1.807) is 36.9 Å². The van der Waals surface area contributed by atoms with Crippen molar-refractivity contribution in [3.05, 3.63) is 33.6 Å². The van der Waals surface area contributed by atoms with Crippen molar-refractivity contribution in [2.75, 3.05) is 26.4 Å². The van der Waals surface area contributed by atoms with Crippen LogP contribution in [0.3, 0.4) is 0 Å². The van der Waals surface area contributed by atoms with E-state index in [-0.39, 0.29) is 35.7 Å². The maximum Gasteiger partial charge on any atom is 0.262 e. The Kier molecular flexibility index (Phi) is 6.66. The summed E-state index contributed by atoms with van der Waals surface area (Å²) in [7, 11) is 3.24. The first kappa shape index (κ1) is 20.3. The molecule has 0 fully saturated rings. The van der Waals surface area contributed by atoms with E-state index < -0.39 is 0 Å². The van der Waals surface area contributed by atoms with Crippen LogP contribution in [0.15, 0.2) is 28.2 Å². The van der Waals surface area contributed by atoms with Gasteiger partial charge in [-0.25, -0.2) is 4.98 Å². The largest absolute Gasteiger partial charge is 0.347 e. The number of carbonyl (C=O) groups is 2. The molecule has 1 aromatic heterocycles. The Balaban J connectivity index is 2.22. The van der Waals surface area contributed by atoms with Crippen LogP contribution in [-0.2, 0) is 9.59 Å². The Morgan fingerprint density at radius 1 is 1.35 bits per heavy atom. The Bertz CT molecular complexity index is 895. The van der Waals surface area contributed by atoms with Crippen LogP contribution in [0, 0.1) is 0 Å². The number of hydrogen-bond acceptors (Lipinski definition) is 5. The van der Waals surface area contributed by atoms with Crippen LogP contribution >= 0.6 is 23.4 Å². The second-order valence-electron chi connectivity index (χ2n) is 6.18. The van der Waals surface area contributed by atoms with Crippen molar-refractivity contribution in [3.8, 4) is 0 Å². The first-order chi connectivity index (χ1) is 12.2. The van der Waals surface area contributed by atoms with E-state index >= 15 is 0 Å². The summed E-state index contributed by atoms with van der Waals surface area (Å²) < 4.78 is 1.55. The first-order valence-corrected chi connectivity index (χ1v) is 9.38. The zero-order chi connectivity index (χ0) is 19.4. The van der Waals surface area contributed by atoms with E-state index in [2.05, 4.69) is 10.3 Å². The molecule has 0 aliphatic carbocycles. The topological polar surface area (TPSA) is 84.3 Å². The molecule has 0 aliphatic rings. The van der Waals surface area contributed by atoms with E-state index in [1.165, 1.54) is 4.90 Å². The quantitative estimate of drug-likeness (QED) is 0.595. The molecule has 0 saturated heterocycles. The highest BCUT2D eigenvalue weighted by Gasteiger charge is 2.16. The number of thioether (sulfide) groups is 1. The molecule has 26 heavy (non-hydrogen) atoms. The number of likely N-dealkylation sites (N-methyl/N-ethyl adjacent to an activating group) is 1. The van der Waals surface area contributed by atoms with E-state index in [1.807, 2.05) is 13.8 Å². The van der Waals surface area contributed by atoms with E-state index in [0.29, 0.717) is 21.1 Å². The fraction of sp³-hybridized carbons (Fsp3) is 0.412. The number of benzene rings is 1. The number of aromatic nitrogens is 2. The number of hydrogen-bond donors (Lipinski definition) is 1. The average molecular weight is 397 g/mol. The van der Waals surface area contributed by atoms with Gasteiger partial charge < -0.3 is 10.2 Å². The molecule has 0 unspecified atom stereocenters. The summed E-state index contributed by atoms with van der Waals surface area (Å²) in [4.78, 5) is 42.2. The molecule has 1 aromatic carbocycles. The molecule has 0 saturated carbocycles. The lowest BCUT2D eigenvalue weighted by Gasteiger charge is -2.16. The fourth-order valence-corrected chi connectivity index (χ4v) is 3.35. The second kappa shape index (κ2) is 8.55. The van der Waals surface area contributed by atoms with Crippen molar-refractivity contribution in [1.82, 2.24) is 19.8 Å². The lowest BCUT2D eigenvalue weighted by Crippen LogP contribution is -2.37. The normalized spacial score (nSPS) is 11.0. The highest BCUT2D eigenvalue weighted by atomic mass is 35.5. The van der Waals surface area contributed by atoms with Crippen LogP contribution in [0.25, 0.3) is 10.9 Å². The van der Waals surface area contributed by atoms with Crippen LogP contribution in [0.5, 0.6) is 0 Å². The van der Waals surface area contributed by atoms with Gasteiger partial charge in [0.15, 0.2) is 5.16 Å². The molecule has 140 valence electrons. The highest BCUT2D eigenvalue weighted by molar-refractivity contribution is 7.99. The van der Waals surface area contributed by atoms with Gasteiger partial charge in [0, 0.05) is 25.2 Å². The third-order valence-corrected chi connectivity index (χ3v) is 4.80. The molecule has 9 heteroatoms. The first-order valence-electron chi connectivity index (χ1n) is 8.02. The van der Waals surface area contributed by atoms with Gasteiger partial charge in [-0.05, 0) is 32.0 Å². The van der Waals surface area contributed by atoms with Crippen LogP contribution in [0.1, 0.15) is 19.9 Å². The van der Waals surface area contributed by atoms with Gasteiger partial charge in [-0.2, -0.15) is 0 Å². The summed E-state index contributed by atoms with van der Waals surface area (Å²) in [6, 6.07) is 4.82. The average Bonchev–Trinajstić information content (AvgIpc) is 2.56. The Hall–Kier alpha value is -2.06. The predicted molar refractivity (Wildman–Crippen MR) is 104 cm³/mol. The zero-order valence-corrected chi connectivity index (χ0v) is 16.6. The molecular formula is C17H21ClN4O3S. The molecule has 2 rings (SSSR count). The zero-order valence-electron chi connectivity index (χ0n) is 15.1. The van der Waals surface area contributed by atoms with Gasteiger partial charge in [-0.1, -0.05) is 23.4 Å². The van der Waals surface area contributed by atoms with Gasteiger partial charge in [0.1, 0.15) is 0 Å².